The molecule has 0 N–H and O–H groups in total. The van der Waals surface area contributed by atoms with Crippen LogP contribution in [0.4, 0.5) is 0 Å². The van der Waals surface area contributed by atoms with E-state index in [1.165, 1.54) is 21.9 Å². The first kappa shape index (κ1) is 20.9. The molecule has 0 unspecified atom stereocenters. The second-order valence-corrected chi connectivity index (χ2v) is 9.50. The fourth-order valence-electron chi connectivity index (χ4n) is 5.74. The van der Waals surface area contributed by atoms with Gasteiger partial charge < -0.3 is 4.40 Å². The topological polar surface area (TPSA) is 35.1 Å². The zero-order valence-electron chi connectivity index (χ0n) is 20.5. The van der Waals surface area contributed by atoms with Gasteiger partial charge in [-0.3, -0.25) is 4.57 Å². The molecule has 178 valence electrons. The van der Waals surface area contributed by atoms with Crippen molar-refractivity contribution in [3.05, 3.63) is 134 Å². The summed E-state index contributed by atoms with van der Waals surface area (Å²) in [4.78, 5) is 10.4. The SMILES string of the molecule is c1ccc(-c2nc(-n3c4ccccc4c4c(-c5ccccc5)c5ccccn5c43)nc3ccccc23)cc1. The maximum Gasteiger partial charge on any atom is 0.236 e. The summed E-state index contributed by atoms with van der Waals surface area (Å²) in [6.45, 7) is 0. The van der Waals surface area contributed by atoms with E-state index in [2.05, 4.69) is 124 Å². The number of para-hydroxylation sites is 2. The van der Waals surface area contributed by atoms with Crippen molar-refractivity contribution in [2.24, 2.45) is 0 Å². The van der Waals surface area contributed by atoms with Crippen molar-refractivity contribution in [2.75, 3.05) is 0 Å². The van der Waals surface area contributed by atoms with Crippen molar-refractivity contribution in [3.63, 3.8) is 0 Å². The Bertz CT molecular complexity index is 2110. The van der Waals surface area contributed by atoms with Gasteiger partial charge >= 0.3 is 0 Å². The van der Waals surface area contributed by atoms with Gasteiger partial charge in [0.1, 0.15) is 5.65 Å². The predicted molar refractivity (Wildman–Crippen MR) is 156 cm³/mol. The fourth-order valence-corrected chi connectivity index (χ4v) is 5.74. The molecule has 0 saturated carbocycles. The van der Waals surface area contributed by atoms with Crippen LogP contribution in [-0.2, 0) is 0 Å². The van der Waals surface area contributed by atoms with Crippen LogP contribution in [0.5, 0.6) is 0 Å². The van der Waals surface area contributed by atoms with E-state index in [1.807, 2.05) is 18.2 Å². The molecule has 0 radical (unpaired) electrons. The molecule has 4 aromatic heterocycles. The summed E-state index contributed by atoms with van der Waals surface area (Å²) in [7, 11) is 0. The van der Waals surface area contributed by atoms with E-state index in [1.54, 1.807) is 0 Å². The Balaban J connectivity index is 1.56. The molecule has 0 saturated heterocycles. The minimum Gasteiger partial charge on any atom is -0.302 e. The Morgan fingerprint density at radius 1 is 0.500 bits per heavy atom. The molecule has 0 atom stereocenters. The summed E-state index contributed by atoms with van der Waals surface area (Å²) in [6.07, 6.45) is 2.14. The van der Waals surface area contributed by atoms with E-state index in [0.717, 1.165) is 38.8 Å². The maximum absolute atomic E-state index is 5.24. The Morgan fingerprint density at radius 3 is 1.95 bits per heavy atom. The third kappa shape index (κ3) is 2.98. The van der Waals surface area contributed by atoms with Gasteiger partial charge in [-0.1, -0.05) is 103 Å². The molecule has 8 rings (SSSR count). The number of rotatable bonds is 3. The van der Waals surface area contributed by atoms with Crippen LogP contribution in [-0.4, -0.2) is 18.9 Å². The van der Waals surface area contributed by atoms with E-state index < -0.39 is 0 Å². The molecular weight excluding hydrogens is 464 g/mol. The van der Waals surface area contributed by atoms with Gasteiger partial charge in [-0.05, 0) is 29.8 Å². The van der Waals surface area contributed by atoms with Gasteiger partial charge in [-0.2, -0.15) is 0 Å². The molecule has 4 nitrogen and oxygen atoms in total. The monoisotopic (exact) mass is 486 g/mol. The van der Waals surface area contributed by atoms with Crippen LogP contribution in [0, 0.1) is 0 Å². The van der Waals surface area contributed by atoms with Crippen molar-refractivity contribution in [2.45, 2.75) is 0 Å². The lowest BCUT2D eigenvalue weighted by Crippen LogP contribution is -2.04. The second kappa shape index (κ2) is 8.15. The van der Waals surface area contributed by atoms with E-state index in [4.69, 9.17) is 9.97 Å². The standard InChI is InChI=1S/C34H22N4/c1-3-13-23(14-4-1)30-29-21-11-12-22-37(29)33-31(30)26-18-8-10-20-28(26)38(33)34-35-27-19-9-7-17-25(27)32(36-34)24-15-5-2-6-16-24/h1-22H. The van der Waals surface area contributed by atoms with Crippen LogP contribution < -0.4 is 0 Å². The van der Waals surface area contributed by atoms with Crippen LogP contribution in [0.2, 0.25) is 0 Å². The van der Waals surface area contributed by atoms with Crippen LogP contribution in [0.3, 0.4) is 0 Å². The Labute approximate surface area is 219 Å². The van der Waals surface area contributed by atoms with Crippen LogP contribution >= 0.6 is 0 Å². The zero-order chi connectivity index (χ0) is 25.1. The zero-order valence-corrected chi connectivity index (χ0v) is 20.5. The molecule has 4 aromatic carbocycles. The molecule has 4 heterocycles. The van der Waals surface area contributed by atoms with Gasteiger partial charge in [-0.15, -0.1) is 0 Å². The van der Waals surface area contributed by atoms with Crippen molar-refractivity contribution in [1.82, 2.24) is 18.9 Å². The molecule has 0 fully saturated rings. The number of pyridine rings is 1. The van der Waals surface area contributed by atoms with E-state index >= 15 is 0 Å². The Morgan fingerprint density at radius 2 is 1.13 bits per heavy atom. The second-order valence-electron chi connectivity index (χ2n) is 9.50. The van der Waals surface area contributed by atoms with Crippen molar-refractivity contribution < 1.29 is 0 Å². The van der Waals surface area contributed by atoms with Gasteiger partial charge in [-0.25, -0.2) is 9.97 Å². The number of nitrogens with zero attached hydrogens (tertiary/aromatic N) is 4. The highest BCUT2D eigenvalue weighted by Crippen LogP contribution is 2.42. The van der Waals surface area contributed by atoms with Crippen molar-refractivity contribution in [1.29, 1.82) is 0 Å². The minimum absolute atomic E-state index is 0.664. The number of hydrogen-bond donors (Lipinski definition) is 0. The number of hydrogen-bond acceptors (Lipinski definition) is 2. The third-order valence-electron chi connectivity index (χ3n) is 7.35. The highest BCUT2D eigenvalue weighted by Gasteiger charge is 2.24. The third-order valence-corrected chi connectivity index (χ3v) is 7.35. The normalized spacial score (nSPS) is 11.7. The Hall–Kier alpha value is -5.22. The highest BCUT2D eigenvalue weighted by atomic mass is 15.2. The van der Waals surface area contributed by atoms with Crippen LogP contribution in [0.25, 0.3) is 66.7 Å². The average molecular weight is 487 g/mol. The van der Waals surface area contributed by atoms with Crippen LogP contribution in [0.15, 0.2) is 134 Å². The number of fused-ring (bicyclic) bond motifs is 6. The first-order valence-corrected chi connectivity index (χ1v) is 12.8. The molecule has 0 aliphatic rings. The summed E-state index contributed by atoms with van der Waals surface area (Å²) in [5.41, 5.74) is 8.65. The predicted octanol–water partition coefficient (Wildman–Crippen LogP) is 8.31. The maximum atomic E-state index is 5.24. The molecule has 0 spiro atoms. The average Bonchev–Trinajstić information content (AvgIpc) is 3.50. The van der Waals surface area contributed by atoms with Crippen molar-refractivity contribution in [3.8, 4) is 28.3 Å². The number of benzene rings is 4. The molecule has 4 heteroatoms. The summed E-state index contributed by atoms with van der Waals surface area (Å²) in [5.74, 6) is 0.664. The molecule has 8 aromatic rings. The number of aromatic nitrogens is 4. The molecular formula is C34H22N4. The summed E-state index contributed by atoms with van der Waals surface area (Å²) >= 11 is 0. The molecule has 0 aliphatic heterocycles. The fraction of sp³-hybridized carbons (Fsp3) is 0. The van der Waals surface area contributed by atoms with Gasteiger partial charge in [0, 0.05) is 33.5 Å². The quantitative estimate of drug-likeness (QED) is 0.252. The minimum atomic E-state index is 0.664. The molecule has 0 aliphatic carbocycles. The summed E-state index contributed by atoms with van der Waals surface area (Å²) in [5, 5.41) is 3.43. The lowest BCUT2D eigenvalue weighted by atomic mass is 10.0. The van der Waals surface area contributed by atoms with E-state index in [-0.39, 0.29) is 0 Å². The van der Waals surface area contributed by atoms with E-state index in [0.29, 0.717) is 5.95 Å². The summed E-state index contributed by atoms with van der Waals surface area (Å²) < 4.78 is 4.50. The van der Waals surface area contributed by atoms with Gasteiger partial charge in [0.2, 0.25) is 5.95 Å². The molecule has 0 amide bonds. The van der Waals surface area contributed by atoms with E-state index in [9.17, 15) is 0 Å². The largest absolute Gasteiger partial charge is 0.302 e. The lowest BCUT2D eigenvalue weighted by Gasteiger charge is -2.12. The first-order valence-electron chi connectivity index (χ1n) is 12.8. The first-order chi connectivity index (χ1) is 18.9. The smallest absolute Gasteiger partial charge is 0.236 e. The van der Waals surface area contributed by atoms with Gasteiger partial charge in [0.15, 0.2) is 0 Å². The van der Waals surface area contributed by atoms with Gasteiger partial charge in [0.25, 0.3) is 0 Å². The highest BCUT2D eigenvalue weighted by molar-refractivity contribution is 6.19. The van der Waals surface area contributed by atoms with Gasteiger partial charge in [0.05, 0.1) is 22.2 Å². The summed E-state index contributed by atoms with van der Waals surface area (Å²) in [6, 6.07) is 44.2. The van der Waals surface area contributed by atoms with Crippen molar-refractivity contribution >= 4 is 38.4 Å². The lowest BCUT2D eigenvalue weighted by molar-refractivity contribution is 0.987. The molecule has 38 heavy (non-hydrogen) atoms. The van der Waals surface area contributed by atoms with Crippen LogP contribution in [0.1, 0.15) is 0 Å². The molecule has 0 bridgehead atoms. The Kier molecular flexibility index (Phi) is 4.49.